The number of nitrogens with one attached hydrogen (secondary N) is 2. The van der Waals surface area contributed by atoms with E-state index in [4.69, 9.17) is 9.47 Å². The highest BCUT2D eigenvalue weighted by atomic mass is 32.2. The summed E-state index contributed by atoms with van der Waals surface area (Å²) in [6.45, 7) is 8.62. The summed E-state index contributed by atoms with van der Waals surface area (Å²) in [5.74, 6) is -1.65. The molecule has 0 fully saturated rings. The first-order chi connectivity index (χ1) is 14.0. The van der Waals surface area contributed by atoms with Crippen molar-refractivity contribution < 1.29 is 32.3 Å². The molecule has 0 heterocycles. The normalized spacial score (nSPS) is 12.4. The molecule has 0 saturated heterocycles. The van der Waals surface area contributed by atoms with Crippen molar-refractivity contribution >= 4 is 27.9 Å². The van der Waals surface area contributed by atoms with Crippen LogP contribution in [-0.4, -0.2) is 63.0 Å². The first-order valence-corrected chi connectivity index (χ1v) is 10.9. The van der Waals surface area contributed by atoms with Gasteiger partial charge in [-0.05, 0) is 39.0 Å². The molecular weight excluding hydrogens is 414 g/mol. The van der Waals surface area contributed by atoms with Crippen LogP contribution in [0.25, 0.3) is 0 Å². The third-order valence-corrected chi connectivity index (χ3v) is 6.10. The lowest BCUT2D eigenvalue weighted by Gasteiger charge is -2.20. The van der Waals surface area contributed by atoms with Crippen LogP contribution in [0.4, 0.5) is 4.79 Å². The van der Waals surface area contributed by atoms with Gasteiger partial charge in [-0.1, -0.05) is 13.8 Å². The van der Waals surface area contributed by atoms with Crippen molar-refractivity contribution in [2.45, 2.75) is 51.7 Å². The number of ether oxygens (including phenoxy) is 2. The fraction of sp³-hybridized carbons (Fsp3) is 0.526. The molecule has 0 aliphatic heterocycles. The number of urea groups is 1. The summed E-state index contributed by atoms with van der Waals surface area (Å²) in [4.78, 5) is 35.9. The van der Waals surface area contributed by atoms with Crippen molar-refractivity contribution in [3.63, 3.8) is 0 Å². The van der Waals surface area contributed by atoms with Crippen LogP contribution < -0.4 is 15.4 Å². The van der Waals surface area contributed by atoms with Crippen molar-refractivity contribution in [1.29, 1.82) is 0 Å². The van der Waals surface area contributed by atoms with Gasteiger partial charge in [0.05, 0.1) is 12.7 Å². The molecule has 1 unspecified atom stereocenters. The lowest BCUT2D eigenvalue weighted by atomic mass is 10.2. The molecule has 0 aromatic heterocycles. The number of methoxy groups -OCH3 is 1. The Morgan fingerprint density at radius 2 is 1.70 bits per heavy atom. The zero-order valence-corrected chi connectivity index (χ0v) is 18.8. The maximum absolute atomic E-state index is 12.9. The molecule has 0 radical (unpaired) electrons. The Labute approximate surface area is 177 Å². The molecule has 1 aromatic rings. The average molecular weight is 444 g/mol. The zero-order chi connectivity index (χ0) is 23.1. The summed E-state index contributed by atoms with van der Waals surface area (Å²) in [5, 5.41) is 4.54. The Morgan fingerprint density at radius 3 is 2.20 bits per heavy atom. The van der Waals surface area contributed by atoms with E-state index in [1.54, 1.807) is 27.7 Å². The van der Waals surface area contributed by atoms with E-state index in [1.807, 2.05) is 0 Å². The summed E-state index contributed by atoms with van der Waals surface area (Å²) >= 11 is 0. The van der Waals surface area contributed by atoms with E-state index in [0.717, 1.165) is 6.07 Å². The Morgan fingerprint density at radius 1 is 1.10 bits per heavy atom. The highest BCUT2D eigenvalue weighted by Crippen LogP contribution is 2.28. The van der Waals surface area contributed by atoms with Gasteiger partial charge >= 0.3 is 12.0 Å². The number of nitrogens with zero attached hydrogens (tertiary/aromatic N) is 1. The second-order valence-corrected chi connectivity index (χ2v) is 8.53. The molecule has 11 heteroatoms. The molecule has 168 valence electrons. The quantitative estimate of drug-likeness (QED) is 0.553. The summed E-state index contributed by atoms with van der Waals surface area (Å²) in [6.07, 6.45) is -1.28. The number of imide groups is 1. The van der Waals surface area contributed by atoms with Gasteiger partial charge in [-0.15, -0.1) is 0 Å². The van der Waals surface area contributed by atoms with Gasteiger partial charge in [0.25, 0.3) is 5.91 Å². The van der Waals surface area contributed by atoms with Gasteiger partial charge in [-0.3, -0.25) is 10.1 Å². The molecule has 0 spiro atoms. The van der Waals surface area contributed by atoms with Gasteiger partial charge < -0.3 is 14.8 Å². The predicted molar refractivity (Wildman–Crippen MR) is 110 cm³/mol. The van der Waals surface area contributed by atoms with Crippen LogP contribution in [0.2, 0.25) is 0 Å². The van der Waals surface area contributed by atoms with E-state index in [2.05, 4.69) is 10.6 Å². The standard InChI is InChI=1S/C19H29N3O7S/c1-7-22(8-2)30(26,27)16-11-14(9-10-15(16)28-6)18(24)29-13(5)17(23)21-19(25)20-12(3)4/h9-13H,7-8H2,1-6H3,(H2,20,21,23,25). The van der Waals surface area contributed by atoms with Crippen LogP contribution in [0.5, 0.6) is 5.75 Å². The van der Waals surface area contributed by atoms with Crippen LogP contribution in [0, 0.1) is 0 Å². The Hall–Kier alpha value is -2.66. The largest absolute Gasteiger partial charge is 0.495 e. The van der Waals surface area contributed by atoms with E-state index < -0.39 is 34.0 Å². The molecule has 2 N–H and O–H groups in total. The van der Waals surface area contributed by atoms with Gasteiger partial charge in [0.2, 0.25) is 10.0 Å². The minimum Gasteiger partial charge on any atom is -0.495 e. The smallest absolute Gasteiger partial charge is 0.338 e. The topological polar surface area (TPSA) is 131 Å². The number of amides is 3. The summed E-state index contributed by atoms with van der Waals surface area (Å²) < 4.78 is 37.2. The molecule has 0 aliphatic rings. The number of hydrogen-bond donors (Lipinski definition) is 2. The molecule has 0 bridgehead atoms. The minimum atomic E-state index is -3.90. The van der Waals surface area contributed by atoms with Crippen molar-refractivity contribution in [2.75, 3.05) is 20.2 Å². The molecule has 0 aliphatic carbocycles. The SMILES string of the molecule is CCN(CC)S(=O)(=O)c1cc(C(=O)OC(C)C(=O)NC(=O)NC(C)C)ccc1OC. The lowest BCUT2D eigenvalue weighted by Crippen LogP contribution is -2.46. The van der Waals surface area contributed by atoms with Gasteiger partial charge in [-0.2, -0.15) is 4.31 Å². The number of esters is 1. The summed E-state index contributed by atoms with van der Waals surface area (Å²) in [7, 11) is -2.58. The minimum absolute atomic E-state index is 0.0761. The van der Waals surface area contributed by atoms with E-state index >= 15 is 0 Å². The Balaban J connectivity index is 3.06. The van der Waals surface area contributed by atoms with Crippen molar-refractivity contribution in [3.05, 3.63) is 23.8 Å². The molecular formula is C19H29N3O7S. The van der Waals surface area contributed by atoms with E-state index in [1.165, 1.54) is 30.5 Å². The van der Waals surface area contributed by atoms with Crippen molar-refractivity contribution in [1.82, 2.24) is 14.9 Å². The van der Waals surface area contributed by atoms with Crippen molar-refractivity contribution in [2.24, 2.45) is 0 Å². The van der Waals surface area contributed by atoms with Gasteiger partial charge in [0.15, 0.2) is 6.10 Å². The monoisotopic (exact) mass is 443 g/mol. The lowest BCUT2D eigenvalue weighted by molar-refractivity contribution is -0.127. The van der Waals surface area contributed by atoms with E-state index in [9.17, 15) is 22.8 Å². The highest BCUT2D eigenvalue weighted by molar-refractivity contribution is 7.89. The van der Waals surface area contributed by atoms with Gasteiger partial charge in [-0.25, -0.2) is 18.0 Å². The highest BCUT2D eigenvalue weighted by Gasteiger charge is 2.28. The molecule has 0 saturated carbocycles. The number of hydrogen-bond acceptors (Lipinski definition) is 7. The number of rotatable bonds is 9. The molecule has 1 aromatic carbocycles. The fourth-order valence-corrected chi connectivity index (χ4v) is 4.14. The zero-order valence-electron chi connectivity index (χ0n) is 18.0. The van der Waals surface area contributed by atoms with Crippen LogP contribution in [-0.2, 0) is 19.6 Å². The van der Waals surface area contributed by atoms with Gasteiger partial charge in [0, 0.05) is 19.1 Å². The maximum Gasteiger partial charge on any atom is 0.338 e. The first kappa shape index (κ1) is 25.4. The third kappa shape index (κ3) is 6.42. The second-order valence-electron chi connectivity index (χ2n) is 6.62. The number of benzene rings is 1. The number of carbonyl (C=O) groups is 3. The molecule has 1 rings (SSSR count). The average Bonchev–Trinajstić information content (AvgIpc) is 2.67. The second kappa shape index (κ2) is 10.9. The third-order valence-electron chi connectivity index (χ3n) is 4.03. The molecule has 30 heavy (non-hydrogen) atoms. The van der Waals surface area contributed by atoms with Crippen molar-refractivity contribution in [3.8, 4) is 5.75 Å². The number of sulfonamides is 1. The molecule has 1 atom stereocenters. The summed E-state index contributed by atoms with van der Waals surface area (Å²) in [5.41, 5.74) is -0.0761. The van der Waals surface area contributed by atoms with E-state index in [0.29, 0.717) is 0 Å². The van der Waals surface area contributed by atoms with E-state index in [-0.39, 0.29) is 35.3 Å². The molecule has 10 nitrogen and oxygen atoms in total. The number of carbonyl (C=O) groups excluding carboxylic acids is 3. The van der Waals surface area contributed by atoms with Crippen LogP contribution >= 0.6 is 0 Å². The van der Waals surface area contributed by atoms with Crippen LogP contribution in [0.15, 0.2) is 23.1 Å². The Kier molecular flexibility index (Phi) is 9.24. The molecule has 3 amide bonds. The Bertz CT molecular complexity index is 880. The van der Waals surface area contributed by atoms with Crippen LogP contribution in [0.1, 0.15) is 45.0 Å². The predicted octanol–water partition coefficient (Wildman–Crippen LogP) is 1.51. The van der Waals surface area contributed by atoms with Gasteiger partial charge in [0.1, 0.15) is 10.6 Å². The maximum atomic E-state index is 12.9. The first-order valence-electron chi connectivity index (χ1n) is 9.48. The summed E-state index contributed by atoms with van der Waals surface area (Å²) in [6, 6.07) is 2.92. The fourth-order valence-electron chi connectivity index (χ4n) is 2.50. The van der Waals surface area contributed by atoms with Crippen LogP contribution in [0.3, 0.4) is 0 Å².